The molecule has 1 aliphatic rings. The summed E-state index contributed by atoms with van der Waals surface area (Å²) in [5.74, 6) is 1.03. The van der Waals surface area contributed by atoms with Crippen molar-refractivity contribution in [1.82, 2.24) is 14.8 Å². The number of aromatic nitrogens is 3. The van der Waals surface area contributed by atoms with E-state index in [2.05, 4.69) is 10.1 Å². The lowest BCUT2D eigenvalue weighted by atomic mass is 10.1. The first-order valence-electron chi connectivity index (χ1n) is 7.91. The molecule has 0 N–H and O–H groups in total. The minimum absolute atomic E-state index is 0.0270. The third-order valence-corrected chi connectivity index (χ3v) is 4.41. The Labute approximate surface area is 138 Å². The van der Waals surface area contributed by atoms with E-state index in [1.54, 1.807) is 24.8 Å². The zero-order valence-electron chi connectivity index (χ0n) is 13.5. The summed E-state index contributed by atoms with van der Waals surface area (Å²) in [5, 5.41) is 4.91. The van der Waals surface area contributed by atoms with Crippen molar-refractivity contribution in [3.8, 4) is 11.4 Å². The average Bonchev–Trinajstić information content (AvgIpc) is 3.39. The molecule has 0 aliphatic heterocycles. The predicted molar refractivity (Wildman–Crippen MR) is 87.1 cm³/mol. The molecule has 0 bridgehead atoms. The summed E-state index contributed by atoms with van der Waals surface area (Å²) >= 11 is 0. The third kappa shape index (κ3) is 2.42. The summed E-state index contributed by atoms with van der Waals surface area (Å²) in [6.45, 7) is 1.74. The molecule has 0 atom stereocenters. The Balaban J connectivity index is 1.95. The van der Waals surface area contributed by atoms with E-state index in [1.165, 1.54) is 0 Å². The van der Waals surface area contributed by atoms with Crippen LogP contribution in [0.25, 0.3) is 16.7 Å². The minimum atomic E-state index is -2.54. The van der Waals surface area contributed by atoms with Crippen molar-refractivity contribution in [3.63, 3.8) is 0 Å². The first-order chi connectivity index (χ1) is 11.6. The quantitative estimate of drug-likeness (QED) is 0.705. The highest BCUT2D eigenvalue weighted by Gasteiger charge is 2.29. The van der Waals surface area contributed by atoms with Gasteiger partial charge in [-0.25, -0.2) is 18.4 Å². The second-order valence-electron chi connectivity index (χ2n) is 6.11. The van der Waals surface area contributed by atoms with Crippen LogP contribution in [0.15, 0.2) is 30.3 Å². The lowest BCUT2D eigenvalue weighted by Crippen LogP contribution is -2.00. The summed E-state index contributed by atoms with van der Waals surface area (Å²) in [4.78, 5) is 4.66. The van der Waals surface area contributed by atoms with Crippen molar-refractivity contribution in [3.05, 3.63) is 47.3 Å². The number of alkyl halides is 2. The van der Waals surface area contributed by atoms with Gasteiger partial charge in [0.1, 0.15) is 5.75 Å². The van der Waals surface area contributed by atoms with E-state index in [0.717, 1.165) is 30.0 Å². The van der Waals surface area contributed by atoms with Gasteiger partial charge in [0.15, 0.2) is 5.65 Å². The lowest BCUT2D eigenvalue weighted by molar-refractivity contribution is 0.153. The van der Waals surface area contributed by atoms with E-state index in [0.29, 0.717) is 22.6 Å². The van der Waals surface area contributed by atoms with Crippen LogP contribution in [0.1, 0.15) is 42.1 Å². The van der Waals surface area contributed by atoms with Gasteiger partial charge in [0.2, 0.25) is 0 Å². The number of aryl methyl sites for hydroxylation is 1. The molecule has 1 aromatic carbocycles. The smallest absolute Gasteiger partial charge is 0.264 e. The van der Waals surface area contributed by atoms with Gasteiger partial charge in [0.25, 0.3) is 6.43 Å². The molecule has 4 nitrogen and oxygen atoms in total. The van der Waals surface area contributed by atoms with E-state index in [1.807, 2.05) is 24.3 Å². The van der Waals surface area contributed by atoms with Crippen LogP contribution in [-0.4, -0.2) is 21.9 Å². The fourth-order valence-electron chi connectivity index (χ4n) is 3.01. The van der Waals surface area contributed by atoms with Gasteiger partial charge in [-0.15, -0.1) is 0 Å². The molecule has 2 aromatic heterocycles. The molecular weight excluding hydrogens is 312 g/mol. The molecule has 0 unspecified atom stereocenters. The number of halogens is 2. The molecule has 1 aliphatic carbocycles. The summed E-state index contributed by atoms with van der Waals surface area (Å²) < 4.78 is 33.9. The highest BCUT2D eigenvalue weighted by Crippen LogP contribution is 2.42. The maximum absolute atomic E-state index is 13.6. The summed E-state index contributed by atoms with van der Waals surface area (Å²) in [7, 11) is 1.60. The lowest BCUT2D eigenvalue weighted by Gasteiger charge is -2.08. The molecule has 6 heteroatoms. The number of fused-ring (bicyclic) bond motifs is 1. The molecule has 2 heterocycles. The maximum Gasteiger partial charge on any atom is 0.264 e. The molecule has 0 saturated heterocycles. The number of hydrogen-bond acceptors (Lipinski definition) is 3. The number of hydrogen-bond donors (Lipinski definition) is 0. The van der Waals surface area contributed by atoms with E-state index < -0.39 is 6.43 Å². The van der Waals surface area contributed by atoms with Crippen LogP contribution in [-0.2, 0) is 0 Å². The third-order valence-electron chi connectivity index (χ3n) is 4.41. The fraction of sp³-hybridized carbons (Fsp3) is 0.333. The Morgan fingerprint density at radius 3 is 2.50 bits per heavy atom. The van der Waals surface area contributed by atoms with E-state index in [4.69, 9.17) is 4.74 Å². The number of pyridine rings is 1. The van der Waals surface area contributed by atoms with Crippen molar-refractivity contribution in [2.45, 2.75) is 32.1 Å². The van der Waals surface area contributed by atoms with Crippen LogP contribution in [0.3, 0.4) is 0 Å². The van der Waals surface area contributed by atoms with Crippen LogP contribution < -0.4 is 4.74 Å². The Kier molecular flexibility index (Phi) is 3.48. The highest BCUT2D eigenvalue weighted by molar-refractivity contribution is 5.84. The van der Waals surface area contributed by atoms with Gasteiger partial charge >= 0.3 is 0 Å². The van der Waals surface area contributed by atoms with Crippen molar-refractivity contribution in [2.75, 3.05) is 7.11 Å². The molecule has 1 saturated carbocycles. The first kappa shape index (κ1) is 15.1. The van der Waals surface area contributed by atoms with Crippen LogP contribution in [0.5, 0.6) is 5.75 Å². The second kappa shape index (κ2) is 5.54. The van der Waals surface area contributed by atoms with Crippen molar-refractivity contribution >= 4 is 11.0 Å². The topological polar surface area (TPSA) is 39.9 Å². The van der Waals surface area contributed by atoms with E-state index in [-0.39, 0.29) is 5.56 Å². The molecular formula is C18H17F2N3O. The van der Waals surface area contributed by atoms with Crippen LogP contribution >= 0.6 is 0 Å². The number of methoxy groups -OCH3 is 1. The Bertz CT molecular complexity index is 899. The first-order valence-corrected chi connectivity index (χ1v) is 7.91. The molecule has 4 rings (SSSR count). The van der Waals surface area contributed by atoms with Gasteiger partial charge in [-0.05, 0) is 50.1 Å². The summed E-state index contributed by atoms with van der Waals surface area (Å²) in [6, 6.07) is 8.88. The second-order valence-corrected chi connectivity index (χ2v) is 6.11. The van der Waals surface area contributed by atoms with Crippen molar-refractivity contribution in [2.24, 2.45) is 0 Å². The van der Waals surface area contributed by atoms with Gasteiger partial charge in [-0.3, -0.25) is 0 Å². The fourth-order valence-corrected chi connectivity index (χ4v) is 3.01. The molecule has 3 aromatic rings. The van der Waals surface area contributed by atoms with Gasteiger partial charge in [-0.2, -0.15) is 5.10 Å². The van der Waals surface area contributed by atoms with E-state index >= 15 is 0 Å². The highest BCUT2D eigenvalue weighted by atomic mass is 19.3. The average molecular weight is 329 g/mol. The van der Waals surface area contributed by atoms with Crippen LogP contribution in [0, 0.1) is 6.92 Å². The largest absolute Gasteiger partial charge is 0.497 e. The Morgan fingerprint density at radius 1 is 1.21 bits per heavy atom. The monoisotopic (exact) mass is 329 g/mol. The predicted octanol–water partition coefficient (Wildman–Crippen LogP) is 4.55. The van der Waals surface area contributed by atoms with Crippen LogP contribution in [0.4, 0.5) is 8.78 Å². The SMILES string of the molecule is COc1ccc(-n2nc(C)c3c(C(F)F)cc(C4CC4)nc32)cc1. The molecule has 1 fully saturated rings. The van der Waals surface area contributed by atoms with Gasteiger partial charge in [-0.1, -0.05) is 0 Å². The molecule has 0 spiro atoms. The molecule has 24 heavy (non-hydrogen) atoms. The molecule has 0 radical (unpaired) electrons. The molecule has 124 valence electrons. The van der Waals surface area contributed by atoms with Gasteiger partial charge in [0.05, 0.1) is 23.9 Å². The van der Waals surface area contributed by atoms with Gasteiger partial charge < -0.3 is 4.74 Å². The standard InChI is InChI=1S/C18H17F2N3O/c1-10-16-14(17(19)20)9-15(11-3-4-11)21-18(16)23(22-10)12-5-7-13(24-2)8-6-12/h5-9,11,17H,3-4H2,1-2H3. The van der Waals surface area contributed by atoms with Crippen molar-refractivity contribution < 1.29 is 13.5 Å². The summed E-state index contributed by atoms with van der Waals surface area (Å²) in [6.07, 6.45) is -0.520. The molecule has 0 amide bonds. The van der Waals surface area contributed by atoms with E-state index in [9.17, 15) is 8.78 Å². The Hall–Kier alpha value is -2.50. The van der Waals surface area contributed by atoms with Crippen LogP contribution in [0.2, 0.25) is 0 Å². The number of ether oxygens (including phenoxy) is 1. The number of benzene rings is 1. The van der Waals surface area contributed by atoms with Gasteiger partial charge in [0, 0.05) is 17.2 Å². The zero-order valence-corrected chi connectivity index (χ0v) is 13.5. The maximum atomic E-state index is 13.6. The number of rotatable bonds is 4. The number of nitrogens with zero attached hydrogens (tertiary/aromatic N) is 3. The van der Waals surface area contributed by atoms with Crippen molar-refractivity contribution in [1.29, 1.82) is 0 Å². The summed E-state index contributed by atoms with van der Waals surface area (Å²) in [5.41, 5.74) is 2.60. The normalized spacial score (nSPS) is 14.5. The Morgan fingerprint density at radius 2 is 1.92 bits per heavy atom. The zero-order chi connectivity index (χ0) is 16.8. The minimum Gasteiger partial charge on any atom is -0.497 e.